The van der Waals surface area contributed by atoms with E-state index >= 15 is 0 Å². The van der Waals surface area contributed by atoms with Crippen LogP contribution in [0.25, 0.3) is 0 Å². The van der Waals surface area contributed by atoms with E-state index in [2.05, 4.69) is 4.98 Å². The van der Waals surface area contributed by atoms with E-state index in [0.717, 1.165) is 11.1 Å². The molecule has 1 aliphatic heterocycles. The zero-order valence-electron chi connectivity index (χ0n) is 20.9. The number of aryl methyl sites for hydroxylation is 2. The number of rotatable bonds is 7. The molecule has 0 spiro atoms. The highest BCUT2D eigenvalue weighted by molar-refractivity contribution is 7.71. The third-order valence-electron chi connectivity index (χ3n) is 5.91. The number of carbonyl (C=O) groups is 3. The number of H-pyrrole nitrogens is 1. The van der Waals surface area contributed by atoms with Crippen LogP contribution in [0.5, 0.6) is 0 Å². The summed E-state index contributed by atoms with van der Waals surface area (Å²) < 4.78 is 24.3. The van der Waals surface area contributed by atoms with Crippen LogP contribution in [-0.4, -0.2) is 52.4 Å². The Morgan fingerprint density at radius 1 is 0.895 bits per heavy atom. The predicted molar refractivity (Wildman–Crippen MR) is 137 cm³/mol. The summed E-state index contributed by atoms with van der Waals surface area (Å²) >= 11 is 5.27. The molecule has 4 rings (SSSR count). The third kappa shape index (κ3) is 6.24. The van der Waals surface area contributed by atoms with Crippen LogP contribution in [-0.2, 0) is 23.7 Å². The van der Waals surface area contributed by atoms with Crippen molar-refractivity contribution in [2.45, 2.75) is 45.3 Å². The number of hydrogen-bond acceptors (Lipinski definition) is 9. The van der Waals surface area contributed by atoms with Crippen LogP contribution >= 0.6 is 12.2 Å². The van der Waals surface area contributed by atoms with E-state index in [1.807, 2.05) is 13.8 Å². The molecule has 198 valence electrons. The molecule has 1 fully saturated rings. The molecule has 0 aliphatic carbocycles. The van der Waals surface area contributed by atoms with Crippen molar-refractivity contribution in [2.75, 3.05) is 6.61 Å². The van der Waals surface area contributed by atoms with Crippen molar-refractivity contribution < 1.29 is 33.3 Å². The van der Waals surface area contributed by atoms with Gasteiger partial charge in [0.05, 0.1) is 11.1 Å². The first-order chi connectivity index (χ1) is 18.1. The molecule has 2 heterocycles. The predicted octanol–water partition coefficient (Wildman–Crippen LogP) is 3.43. The second kappa shape index (κ2) is 11.5. The van der Waals surface area contributed by atoms with Gasteiger partial charge in [-0.25, -0.2) is 9.59 Å². The fourth-order valence-corrected chi connectivity index (χ4v) is 4.23. The highest BCUT2D eigenvalue weighted by atomic mass is 32.1. The SMILES string of the molecule is CC(=O)O[C@@H]1[C@H](OC(=O)c2ccc(C)cc2)[C@H](COC(=O)c2ccc(C)cc2)O[C@@H]1n1ccc(=O)[nH]c1=S. The average molecular weight is 539 g/mol. The first kappa shape index (κ1) is 27.0. The molecule has 0 saturated carbocycles. The lowest BCUT2D eigenvalue weighted by Gasteiger charge is -2.24. The van der Waals surface area contributed by atoms with Crippen LogP contribution < -0.4 is 5.56 Å². The minimum atomic E-state index is -1.17. The Kier molecular flexibility index (Phi) is 8.18. The molecule has 0 bridgehead atoms. The molecular weight excluding hydrogens is 512 g/mol. The second-order valence-corrected chi connectivity index (χ2v) is 9.24. The van der Waals surface area contributed by atoms with Crippen molar-refractivity contribution in [3.8, 4) is 0 Å². The standard InChI is InChI=1S/C27H26N2O8S/c1-15-4-8-18(9-5-15)25(32)34-14-20-22(37-26(33)19-10-6-16(2)7-11-19)23(35-17(3)30)24(36-20)29-13-12-21(31)28-27(29)38/h4-13,20,22-24H,14H2,1-3H3,(H,28,31,38)/t20-,22+,23+,24-/m0/s1. The average Bonchev–Trinajstić information content (AvgIpc) is 3.19. The Bertz CT molecular complexity index is 1450. The molecular formula is C27H26N2O8S. The first-order valence-electron chi connectivity index (χ1n) is 11.8. The number of aromatic nitrogens is 2. The van der Waals surface area contributed by atoms with Crippen molar-refractivity contribution in [3.63, 3.8) is 0 Å². The fourth-order valence-electron chi connectivity index (χ4n) is 3.97. The van der Waals surface area contributed by atoms with Crippen LogP contribution in [0, 0.1) is 18.6 Å². The van der Waals surface area contributed by atoms with Gasteiger partial charge in [-0.1, -0.05) is 35.4 Å². The molecule has 10 nitrogen and oxygen atoms in total. The van der Waals surface area contributed by atoms with Crippen molar-refractivity contribution in [3.05, 3.63) is 98.2 Å². The third-order valence-corrected chi connectivity index (χ3v) is 6.22. The van der Waals surface area contributed by atoms with Gasteiger partial charge in [0.15, 0.2) is 23.2 Å². The van der Waals surface area contributed by atoms with E-state index in [1.54, 1.807) is 48.5 Å². The second-order valence-electron chi connectivity index (χ2n) is 8.86. The van der Waals surface area contributed by atoms with E-state index in [-0.39, 0.29) is 16.9 Å². The Morgan fingerprint density at radius 3 is 2.03 bits per heavy atom. The molecule has 38 heavy (non-hydrogen) atoms. The van der Waals surface area contributed by atoms with Crippen LogP contribution in [0.15, 0.2) is 65.6 Å². The van der Waals surface area contributed by atoms with E-state index in [9.17, 15) is 19.2 Å². The van der Waals surface area contributed by atoms with Crippen LogP contribution in [0.4, 0.5) is 0 Å². The number of nitrogens with one attached hydrogen (secondary N) is 1. The van der Waals surface area contributed by atoms with Gasteiger partial charge in [0.25, 0.3) is 5.56 Å². The van der Waals surface area contributed by atoms with Gasteiger partial charge < -0.3 is 18.9 Å². The Morgan fingerprint density at radius 2 is 1.47 bits per heavy atom. The smallest absolute Gasteiger partial charge is 0.338 e. The first-order valence-corrected chi connectivity index (χ1v) is 12.2. The number of nitrogens with zero attached hydrogens (tertiary/aromatic N) is 1. The molecule has 1 aliphatic rings. The summed E-state index contributed by atoms with van der Waals surface area (Å²) in [6.07, 6.45) is -3.06. The summed E-state index contributed by atoms with van der Waals surface area (Å²) in [6.45, 7) is 4.66. The summed E-state index contributed by atoms with van der Waals surface area (Å²) in [5, 5.41) is 0. The molecule has 2 aromatic carbocycles. The molecule has 4 atom stereocenters. The maximum Gasteiger partial charge on any atom is 0.338 e. The van der Waals surface area contributed by atoms with Crippen molar-refractivity contribution in [1.29, 1.82) is 0 Å². The normalized spacial score (nSPS) is 20.5. The van der Waals surface area contributed by atoms with E-state index in [1.165, 1.54) is 23.8 Å². The topological polar surface area (TPSA) is 126 Å². The lowest BCUT2D eigenvalue weighted by Crippen LogP contribution is -2.41. The quantitative estimate of drug-likeness (QED) is 0.273. The monoisotopic (exact) mass is 538 g/mol. The summed E-state index contributed by atoms with van der Waals surface area (Å²) in [7, 11) is 0. The highest BCUT2D eigenvalue weighted by Crippen LogP contribution is 2.35. The zero-order chi connectivity index (χ0) is 27.4. The summed E-state index contributed by atoms with van der Waals surface area (Å²) in [5.74, 6) is -1.95. The number of ether oxygens (including phenoxy) is 4. The maximum absolute atomic E-state index is 13.0. The fraction of sp³-hybridized carbons (Fsp3) is 0.296. The summed E-state index contributed by atoms with van der Waals surface area (Å²) in [4.78, 5) is 51.9. The molecule has 0 amide bonds. The maximum atomic E-state index is 13.0. The van der Waals surface area contributed by atoms with Gasteiger partial charge in [0.1, 0.15) is 12.7 Å². The summed E-state index contributed by atoms with van der Waals surface area (Å²) in [5.41, 5.74) is 2.11. The van der Waals surface area contributed by atoms with Gasteiger partial charge in [-0.3, -0.25) is 19.1 Å². The zero-order valence-corrected chi connectivity index (χ0v) is 21.7. The number of benzene rings is 2. The van der Waals surface area contributed by atoms with E-state index < -0.39 is 48.0 Å². The largest absolute Gasteiger partial charge is 0.459 e. The van der Waals surface area contributed by atoms with Gasteiger partial charge >= 0.3 is 17.9 Å². The molecule has 3 aromatic rings. The van der Waals surface area contributed by atoms with Crippen LogP contribution in [0.1, 0.15) is 45.0 Å². The lowest BCUT2D eigenvalue weighted by atomic mass is 10.1. The minimum absolute atomic E-state index is 0.000522. The molecule has 1 N–H and O–H groups in total. The lowest BCUT2D eigenvalue weighted by molar-refractivity contribution is -0.156. The van der Waals surface area contributed by atoms with E-state index in [0.29, 0.717) is 5.56 Å². The van der Waals surface area contributed by atoms with Crippen molar-refractivity contribution >= 4 is 30.1 Å². The molecule has 1 saturated heterocycles. The number of hydrogen-bond donors (Lipinski definition) is 1. The Balaban J connectivity index is 1.65. The molecule has 0 radical (unpaired) electrons. The van der Waals surface area contributed by atoms with Crippen molar-refractivity contribution in [2.24, 2.45) is 0 Å². The van der Waals surface area contributed by atoms with E-state index in [4.69, 9.17) is 31.2 Å². The van der Waals surface area contributed by atoms with Gasteiger partial charge in [0.2, 0.25) is 0 Å². The highest BCUT2D eigenvalue weighted by Gasteiger charge is 2.51. The summed E-state index contributed by atoms with van der Waals surface area (Å²) in [6, 6.07) is 14.8. The van der Waals surface area contributed by atoms with Crippen molar-refractivity contribution in [1.82, 2.24) is 9.55 Å². The molecule has 1 aromatic heterocycles. The minimum Gasteiger partial charge on any atom is -0.459 e. The Hall–Kier alpha value is -4.09. The number of aromatic amines is 1. The van der Waals surface area contributed by atoms with Gasteiger partial charge in [0, 0.05) is 19.2 Å². The van der Waals surface area contributed by atoms with Crippen LogP contribution in [0.2, 0.25) is 0 Å². The number of esters is 3. The number of carbonyl (C=O) groups excluding carboxylic acids is 3. The van der Waals surface area contributed by atoms with Gasteiger partial charge in [-0.15, -0.1) is 0 Å². The molecule has 11 heteroatoms. The van der Waals surface area contributed by atoms with Gasteiger partial charge in [-0.05, 0) is 50.3 Å². The Labute approximate surface area is 223 Å². The molecule has 0 unspecified atom stereocenters. The van der Waals surface area contributed by atoms with Gasteiger partial charge in [-0.2, -0.15) is 0 Å². The van der Waals surface area contributed by atoms with Crippen LogP contribution in [0.3, 0.4) is 0 Å².